The van der Waals surface area contributed by atoms with E-state index >= 15 is 0 Å². The van der Waals surface area contributed by atoms with Crippen molar-refractivity contribution >= 4 is 16.8 Å². The number of fused-ring (bicyclic) bond motifs is 1. The average Bonchev–Trinajstić information content (AvgIpc) is 3.11. The Morgan fingerprint density at radius 2 is 1.86 bits per heavy atom. The van der Waals surface area contributed by atoms with E-state index in [1.807, 2.05) is 6.07 Å². The molecule has 28 heavy (non-hydrogen) atoms. The molecular weight excluding hydrogens is 350 g/mol. The van der Waals surface area contributed by atoms with Gasteiger partial charge in [0.1, 0.15) is 5.75 Å². The van der Waals surface area contributed by atoms with Gasteiger partial charge in [0.05, 0.1) is 7.11 Å². The second kappa shape index (κ2) is 8.56. The molecule has 2 fully saturated rings. The van der Waals surface area contributed by atoms with Crippen molar-refractivity contribution in [3.8, 4) is 5.75 Å². The average molecular weight is 384 g/mol. The fraction of sp³-hybridized carbons (Fsp3) is 0.609. The molecule has 0 saturated carbocycles. The van der Waals surface area contributed by atoms with Gasteiger partial charge in [-0.2, -0.15) is 0 Å². The molecule has 5 heteroatoms. The van der Waals surface area contributed by atoms with E-state index in [1.165, 1.54) is 35.7 Å². The van der Waals surface area contributed by atoms with E-state index in [9.17, 15) is 4.79 Å². The van der Waals surface area contributed by atoms with Crippen molar-refractivity contribution in [1.82, 2.24) is 14.4 Å². The Labute approximate surface area is 168 Å². The molecular formula is C23H33N3O2. The SMILES string of the molecule is CCn1cc(CN2CCC(C(=O)N3CCCCC3)CC2)c2cc(OC)ccc21. The number of likely N-dealkylation sites (tertiary alicyclic amines) is 2. The fourth-order valence-electron chi connectivity index (χ4n) is 4.82. The van der Waals surface area contributed by atoms with Gasteiger partial charge < -0.3 is 14.2 Å². The molecule has 3 heterocycles. The maximum atomic E-state index is 12.8. The Balaban J connectivity index is 1.41. The second-order valence-corrected chi connectivity index (χ2v) is 8.26. The topological polar surface area (TPSA) is 37.7 Å². The zero-order chi connectivity index (χ0) is 19.5. The van der Waals surface area contributed by atoms with Gasteiger partial charge in [-0.1, -0.05) is 0 Å². The van der Waals surface area contributed by atoms with E-state index in [-0.39, 0.29) is 5.92 Å². The molecule has 0 bridgehead atoms. The first-order valence-corrected chi connectivity index (χ1v) is 10.9. The molecule has 0 N–H and O–H groups in total. The summed E-state index contributed by atoms with van der Waals surface area (Å²) in [5.74, 6) is 1.55. The van der Waals surface area contributed by atoms with E-state index in [2.05, 4.69) is 39.6 Å². The van der Waals surface area contributed by atoms with Crippen LogP contribution in [0.1, 0.15) is 44.6 Å². The molecule has 1 amide bonds. The Morgan fingerprint density at radius 1 is 1.11 bits per heavy atom. The summed E-state index contributed by atoms with van der Waals surface area (Å²) in [6.45, 7) is 8.05. The normalized spacial score (nSPS) is 19.3. The van der Waals surface area contributed by atoms with Crippen LogP contribution >= 0.6 is 0 Å². The molecule has 4 rings (SSSR count). The number of aryl methyl sites for hydroxylation is 1. The number of methoxy groups -OCH3 is 1. The Hall–Kier alpha value is -2.01. The van der Waals surface area contributed by atoms with Crippen LogP contribution in [0.3, 0.4) is 0 Å². The lowest BCUT2D eigenvalue weighted by molar-refractivity contribution is -0.138. The number of ether oxygens (including phenoxy) is 1. The fourth-order valence-corrected chi connectivity index (χ4v) is 4.82. The number of carbonyl (C=O) groups excluding carboxylic acids is 1. The summed E-state index contributed by atoms with van der Waals surface area (Å²) in [5.41, 5.74) is 2.63. The summed E-state index contributed by atoms with van der Waals surface area (Å²) in [4.78, 5) is 17.4. The minimum absolute atomic E-state index is 0.228. The highest BCUT2D eigenvalue weighted by atomic mass is 16.5. The number of benzene rings is 1. The van der Waals surface area contributed by atoms with Crippen molar-refractivity contribution in [3.63, 3.8) is 0 Å². The first-order valence-electron chi connectivity index (χ1n) is 10.9. The number of carbonyl (C=O) groups is 1. The van der Waals surface area contributed by atoms with Crippen molar-refractivity contribution in [1.29, 1.82) is 0 Å². The monoisotopic (exact) mass is 383 g/mol. The molecule has 2 aliphatic rings. The summed E-state index contributed by atoms with van der Waals surface area (Å²) >= 11 is 0. The highest BCUT2D eigenvalue weighted by molar-refractivity contribution is 5.85. The van der Waals surface area contributed by atoms with E-state index in [0.717, 1.165) is 57.9 Å². The molecule has 0 atom stereocenters. The number of aromatic nitrogens is 1. The smallest absolute Gasteiger partial charge is 0.225 e. The molecule has 2 aromatic rings. The number of amides is 1. The number of piperidine rings is 2. The van der Waals surface area contributed by atoms with Crippen LogP contribution in [0.15, 0.2) is 24.4 Å². The zero-order valence-electron chi connectivity index (χ0n) is 17.3. The third kappa shape index (κ3) is 3.90. The lowest BCUT2D eigenvalue weighted by Crippen LogP contribution is -2.44. The molecule has 5 nitrogen and oxygen atoms in total. The number of nitrogens with zero attached hydrogens (tertiary/aromatic N) is 3. The highest BCUT2D eigenvalue weighted by Crippen LogP contribution is 2.29. The van der Waals surface area contributed by atoms with Crippen molar-refractivity contribution in [2.75, 3.05) is 33.3 Å². The van der Waals surface area contributed by atoms with Gasteiger partial charge in [0.15, 0.2) is 0 Å². The third-order valence-corrected chi connectivity index (χ3v) is 6.51. The quantitative estimate of drug-likeness (QED) is 0.786. The molecule has 0 spiro atoms. The van der Waals surface area contributed by atoms with Crippen molar-refractivity contribution in [2.45, 2.75) is 52.1 Å². The lowest BCUT2D eigenvalue weighted by Gasteiger charge is -2.35. The van der Waals surface area contributed by atoms with Gasteiger partial charge in [0, 0.05) is 49.2 Å². The lowest BCUT2D eigenvalue weighted by atomic mass is 9.94. The predicted molar refractivity (Wildman–Crippen MR) is 113 cm³/mol. The molecule has 0 aliphatic carbocycles. The van der Waals surface area contributed by atoms with E-state index in [4.69, 9.17) is 4.74 Å². The Bertz CT molecular complexity index is 815. The molecule has 2 aliphatic heterocycles. The van der Waals surface area contributed by atoms with Crippen molar-refractivity contribution in [2.24, 2.45) is 5.92 Å². The second-order valence-electron chi connectivity index (χ2n) is 8.26. The minimum atomic E-state index is 0.228. The molecule has 152 valence electrons. The summed E-state index contributed by atoms with van der Waals surface area (Å²) in [7, 11) is 1.72. The number of rotatable bonds is 5. The zero-order valence-corrected chi connectivity index (χ0v) is 17.3. The van der Waals surface area contributed by atoms with Crippen LogP contribution in [0.2, 0.25) is 0 Å². The first kappa shape index (κ1) is 19.3. The summed E-state index contributed by atoms with van der Waals surface area (Å²) in [6, 6.07) is 6.35. The van der Waals surface area contributed by atoms with Gasteiger partial charge in [0.2, 0.25) is 5.91 Å². The third-order valence-electron chi connectivity index (χ3n) is 6.51. The van der Waals surface area contributed by atoms with Crippen LogP contribution in [-0.2, 0) is 17.9 Å². The van der Waals surface area contributed by atoms with Gasteiger partial charge in [-0.3, -0.25) is 9.69 Å². The molecule has 0 unspecified atom stereocenters. The van der Waals surface area contributed by atoms with Crippen molar-refractivity contribution in [3.05, 3.63) is 30.0 Å². The van der Waals surface area contributed by atoms with Gasteiger partial charge in [0.25, 0.3) is 0 Å². The van der Waals surface area contributed by atoms with E-state index in [0.29, 0.717) is 5.91 Å². The number of hydrogen-bond acceptors (Lipinski definition) is 3. The van der Waals surface area contributed by atoms with Crippen LogP contribution < -0.4 is 4.74 Å². The summed E-state index contributed by atoms with van der Waals surface area (Å²) in [6.07, 6.45) is 7.90. The van der Waals surface area contributed by atoms with Gasteiger partial charge in [-0.25, -0.2) is 0 Å². The maximum Gasteiger partial charge on any atom is 0.225 e. The minimum Gasteiger partial charge on any atom is -0.497 e. The van der Waals surface area contributed by atoms with Crippen molar-refractivity contribution < 1.29 is 9.53 Å². The van der Waals surface area contributed by atoms with E-state index < -0.39 is 0 Å². The summed E-state index contributed by atoms with van der Waals surface area (Å²) < 4.78 is 7.76. The largest absolute Gasteiger partial charge is 0.497 e. The number of hydrogen-bond donors (Lipinski definition) is 0. The molecule has 1 aromatic heterocycles. The van der Waals surface area contributed by atoms with Crippen LogP contribution in [-0.4, -0.2) is 53.6 Å². The molecule has 2 saturated heterocycles. The van der Waals surface area contributed by atoms with Crippen LogP contribution in [0.25, 0.3) is 10.9 Å². The standard InChI is InChI=1S/C23H33N3O2/c1-3-25-17-19(21-15-20(28-2)7-8-22(21)25)16-24-13-9-18(10-14-24)23(27)26-11-5-4-6-12-26/h7-8,15,17-18H,3-6,9-14,16H2,1-2H3. The summed E-state index contributed by atoms with van der Waals surface area (Å²) in [5, 5.41) is 1.28. The van der Waals surface area contributed by atoms with Crippen LogP contribution in [0, 0.1) is 5.92 Å². The predicted octanol–water partition coefficient (Wildman–Crippen LogP) is 3.89. The Morgan fingerprint density at radius 3 is 2.54 bits per heavy atom. The molecule has 0 radical (unpaired) electrons. The maximum absolute atomic E-state index is 12.8. The molecule has 1 aromatic carbocycles. The van der Waals surface area contributed by atoms with Gasteiger partial charge in [-0.15, -0.1) is 0 Å². The Kier molecular flexibility index (Phi) is 5.90. The van der Waals surface area contributed by atoms with Gasteiger partial charge >= 0.3 is 0 Å². The highest BCUT2D eigenvalue weighted by Gasteiger charge is 2.29. The van der Waals surface area contributed by atoms with Gasteiger partial charge in [-0.05, 0) is 75.9 Å². The van der Waals surface area contributed by atoms with E-state index in [1.54, 1.807) is 7.11 Å². The van der Waals surface area contributed by atoms with Crippen LogP contribution in [0.5, 0.6) is 5.75 Å². The first-order chi connectivity index (χ1) is 13.7. The van der Waals surface area contributed by atoms with Crippen LogP contribution in [0.4, 0.5) is 0 Å².